The predicted molar refractivity (Wildman–Crippen MR) is 72.6 cm³/mol. The quantitative estimate of drug-likeness (QED) is 0.667. The summed E-state index contributed by atoms with van der Waals surface area (Å²) in [6.45, 7) is 2.26. The molecule has 1 aromatic carbocycles. The Hall–Kier alpha value is -1.49. The summed E-state index contributed by atoms with van der Waals surface area (Å²) in [5.74, 6) is -0.225. The molecular formula is C13H16N2O2S. The third-order valence-corrected chi connectivity index (χ3v) is 3.73. The Bertz CT molecular complexity index is 459. The van der Waals surface area contributed by atoms with Crippen LogP contribution in [0.3, 0.4) is 0 Å². The van der Waals surface area contributed by atoms with Crippen molar-refractivity contribution in [2.75, 3.05) is 18.1 Å². The largest absolute Gasteiger partial charge is 0.373 e. The van der Waals surface area contributed by atoms with Crippen LogP contribution in [0, 0.1) is 0 Å². The lowest BCUT2D eigenvalue weighted by Crippen LogP contribution is -2.34. The average molecular weight is 264 g/mol. The molecule has 0 spiro atoms. The average Bonchev–Trinajstić information content (AvgIpc) is 2.65. The zero-order chi connectivity index (χ0) is 13.1. The standard InChI is InChI=1S/C13H16N2O2S/c1-3-15-12(16)8-11(13(15)17)14-9-4-6-10(18-2)7-5-9/h4-7,11,14H,3,8H2,1-2H3. The van der Waals surface area contributed by atoms with Crippen molar-refractivity contribution in [3.63, 3.8) is 0 Å². The summed E-state index contributed by atoms with van der Waals surface area (Å²) >= 11 is 1.67. The maximum Gasteiger partial charge on any atom is 0.252 e. The first-order valence-electron chi connectivity index (χ1n) is 5.90. The maximum atomic E-state index is 11.9. The third kappa shape index (κ3) is 2.51. The number of nitrogens with zero attached hydrogens (tertiary/aromatic N) is 1. The van der Waals surface area contributed by atoms with Crippen molar-refractivity contribution < 1.29 is 9.59 Å². The van der Waals surface area contributed by atoms with Gasteiger partial charge in [0.1, 0.15) is 6.04 Å². The maximum absolute atomic E-state index is 11.9. The predicted octanol–water partition coefficient (Wildman–Crippen LogP) is 1.97. The zero-order valence-electron chi connectivity index (χ0n) is 10.5. The van der Waals surface area contributed by atoms with Gasteiger partial charge in [-0.15, -0.1) is 11.8 Å². The van der Waals surface area contributed by atoms with E-state index in [0.29, 0.717) is 6.54 Å². The minimum absolute atomic E-state index is 0.0965. The number of anilines is 1. The van der Waals surface area contributed by atoms with Crippen molar-refractivity contribution in [3.8, 4) is 0 Å². The molecule has 96 valence electrons. The summed E-state index contributed by atoms with van der Waals surface area (Å²) < 4.78 is 0. The fourth-order valence-electron chi connectivity index (χ4n) is 2.02. The van der Waals surface area contributed by atoms with E-state index in [4.69, 9.17) is 0 Å². The Morgan fingerprint density at radius 2 is 2.00 bits per heavy atom. The van der Waals surface area contributed by atoms with Crippen LogP contribution >= 0.6 is 11.8 Å². The second kappa shape index (κ2) is 5.44. The highest BCUT2D eigenvalue weighted by molar-refractivity contribution is 7.98. The van der Waals surface area contributed by atoms with Gasteiger partial charge in [0.2, 0.25) is 5.91 Å². The summed E-state index contributed by atoms with van der Waals surface area (Å²) in [5, 5.41) is 3.12. The van der Waals surface area contributed by atoms with Gasteiger partial charge in [0.15, 0.2) is 0 Å². The first kappa shape index (κ1) is 13.0. The van der Waals surface area contributed by atoms with E-state index in [2.05, 4.69) is 5.32 Å². The fourth-order valence-corrected chi connectivity index (χ4v) is 2.42. The molecule has 18 heavy (non-hydrogen) atoms. The van der Waals surface area contributed by atoms with E-state index >= 15 is 0 Å². The molecular weight excluding hydrogens is 248 g/mol. The van der Waals surface area contributed by atoms with Crippen LogP contribution in [0.1, 0.15) is 13.3 Å². The molecule has 0 aliphatic carbocycles. The number of thioether (sulfide) groups is 1. The molecule has 0 saturated carbocycles. The van der Waals surface area contributed by atoms with Gasteiger partial charge in [0, 0.05) is 17.1 Å². The lowest BCUT2D eigenvalue weighted by molar-refractivity contribution is -0.138. The summed E-state index contributed by atoms with van der Waals surface area (Å²) in [6.07, 6.45) is 2.26. The van der Waals surface area contributed by atoms with Gasteiger partial charge < -0.3 is 5.32 Å². The molecule has 1 aliphatic rings. The van der Waals surface area contributed by atoms with Gasteiger partial charge >= 0.3 is 0 Å². The van der Waals surface area contributed by atoms with E-state index in [1.54, 1.807) is 11.8 Å². The van der Waals surface area contributed by atoms with Crippen LogP contribution in [-0.4, -0.2) is 35.6 Å². The number of carbonyl (C=O) groups excluding carboxylic acids is 2. The van der Waals surface area contributed by atoms with Crippen LogP contribution in [0.2, 0.25) is 0 Å². The van der Waals surface area contributed by atoms with Gasteiger partial charge in [-0.2, -0.15) is 0 Å². The third-order valence-electron chi connectivity index (χ3n) is 2.99. The summed E-state index contributed by atoms with van der Waals surface area (Å²) in [4.78, 5) is 26.0. The van der Waals surface area contributed by atoms with Crippen molar-refractivity contribution in [2.24, 2.45) is 0 Å². The van der Waals surface area contributed by atoms with Gasteiger partial charge in [0.05, 0.1) is 6.42 Å². The number of likely N-dealkylation sites (N-methyl/N-ethyl adjacent to an activating group) is 1. The highest BCUT2D eigenvalue weighted by atomic mass is 32.2. The number of carbonyl (C=O) groups is 2. The summed E-state index contributed by atoms with van der Waals surface area (Å²) in [7, 11) is 0. The van der Waals surface area contributed by atoms with Crippen LogP contribution in [0.25, 0.3) is 0 Å². The van der Waals surface area contributed by atoms with E-state index in [1.165, 1.54) is 9.80 Å². The number of hydrogen-bond donors (Lipinski definition) is 1. The molecule has 0 radical (unpaired) electrons. The normalized spacial score (nSPS) is 19.4. The first-order valence-corrected chi connectivity index (χ1v) is 7.13. The van der Waals surface area contributed by atoms with Crippen molar-refractivity contribution >= 4 is 29.3 Å². The lowest BCUT2D eigenvalue weighted by atomic mass is 10.2. The molecule has 1 unspecified atom stereocenters. The minimum Gasteiger partial charge on any atom is -0.373 e. The van der Waals surface area contributed by atoms with Crippen LogP contribution in [-0.2, 0) is 9.59 Å². The summed E-state index contributed by atoms with van der Waals surface area (Å²) in [5.41, 5.74) is 0.872. The first-order chi connectivity index (χ1) is 8.65. The minimum atomic E-state index is -0.419. The topological polar surface area (TPSA) is 49.4 Å². The van der Waals surface area contributed by atoms with Gasteiger partial charge in [-0.05, 0) is 37.4 Å². The fraction of sp³-hybridized carbons (Fsp3) is 0.385. The number of benzene rings is 1. The van der Waals surface area contributed by atoms with Gasteiger partial charge in [0.25, 0.3) is 5.91 Å². The number of likely N-dealkylation sites (tertiary alicyclic amines) is 1. The van der Waals surface area contributed by atoms with E-state index in [1.807, 2.05) is 37.4 Å². The molecule has 0 bridgehead atoms. The molecule has 4 nitrogen and oxygen atoms in total. The summed E-state index contributed by atoms with van der Waals surface area (Å²) in [6, 6.07) is 7.42. The van der Waals surface area contributed by atoms with E-state index in [9.17, 15) is 9.59 Å². The SMILES string of the molecule is CCN1C(=O)CC(Nc2ccc(SC)cc2)C1=O. The Kier molecular flexibility index (Phi) is 3.91. The Labute approximate surface area is 111 Å². The van der Waals surface area contributed by atoms with Crippen LogP contribution in [0.4, 0.5) is 5.69 Å². The number of hydrogen-bond acceptors (Lipinski definition) is 4. The Balaban J connectivity index is 2.05. The van der Waals surface area contributed by atoms with Crippen molar-refractivity contribution in [2.45, 2.75) is 24.3 Å². The van der Waals surface area contributed by atoms with Gasteiger partial charge in [-0.25, -0.2) is 0 Å². The Morgan fingerprint density at radius 1 is 1.33 bits per heavy atom. The smallest absolute Gasteiger partial charge is 0.252 e. The van der Waals surface area contributed by atoms with Crippen molar-refractivity contribution in [1.29, 1.82) is 0 Å². The van der Waals surface area contributed by atoms with Crippen molar-refractivity contribution in [3.05, 3.63) is 24.3 Å². The molecule has 1 atom stereocenters. The second-order valence-corrected chi connectivity index (χ2v) is 4.99. The molecule has 2 amide bonds. The van der Waals surface area contributed by atoms with Crippen LogP contribution in [0.15, 0.2) is 29.2 Å². The second-order valence-electron chi connectivity index (χ2n) is 4.11. The number of nitrogens with one attached hydrogen (secondary N) is 1. The monoisotopic (exact) mass is 264 g/mol. The molecule has 1 aliphatic heterocycles. The molecule has 5 heteroatoms. The molecule has 1 N–H and O–H groups in total. The van der Waals surface area contributed by atoms with Gasteiger partial charge in [-0.3, -0.25) is 14.5 Å². The number of imide groups is 1. The molecule has 2 rings (SSSR count). The van der Waals surface area contributed by atoms with E-state index in [0.717, 1.165) is 5.69 Å². The van der Waals surface area contributed by atoms with Crippen LogP contribution < -0.4 is 5.32 Å². The molecule has 0 aromatic heterocycles. The number of rotatable bonds is 4. The molecule has 1 aromatic rings. The Morgan fingerprint density at radius 3 is 2.50 bits per heavy atom. The molecule has 1 saturated heterocycles. The highest BCUT2D eigenvalue weighted by Crippen LogP contribution is 2.21. The van der Waals surface area contributed by atoms with E-state index < -0.39 is 6.04 Å². The zero-order valence-corrected chi connectivity index (χ0v) is 11.3. The molecule has 1 fully saturated rings. The van der Waals surface area contributed by atoms with Gasteiger partial charge in [-0.1, -0.05) is 0 Å². The van der Waals surface area contributed by atoms with Crippen molar-refractivity contribution in [1.82, 2.24) is 4.90 Å². The molecule has 1 heterocycles. The highest BCUT2D eigenvalue weighted by Gasteiger charge is 2.37. The van der Waals surface area contributed by atoms with E-state index in [-0.39, 0.29) is 18.2 Å². The van der Waals surface area contributed by atoms with Crippen LogP contribution in [0.5, 0.6) is 0 Å². The lowest BCUT2D eigenvalue weighted by Gasteiger charge is -2.14. The number of amides is 2.